The molecule has 1 aromatic carbocycles. The lowest BCUT2D eigenvalue weighted by Crippen LogP contribution is -2.24. The van der Waals surface area contributed by atoms with Gasteiger partial charge in [0, 0.05) is 30.7 Å². The number of carbonyl (C=O) groups is 1. The fourth-order valence-corrected chi connectivity index (χ4v) is 1.51. The summed E-state index contributed by atoms with van der Waals surface area (Å²) in [6.07, 6.45) is 3.53. The average molecular weight is 230 g/mol. The first-order valence-electron chi connectivity index (χ1n) is 5.27. The van der Waals surface area contributed by atoms with Crippen molar-refractivity contribution in [3.8, 4) is 0 Å². The van der Waals surface area contributed by atoms with Crippen LogP contribution in [0.3, 0.4) is 0 Å². The van der Waals surface area contributed by atoms with E-state index in [9.17, 15) is 4.79 Å². The molecule has 0 aliphatic rings. The van der Waals surface area contributed by atoms with E-state index in [1.165, 1.54) is 0 Å². The van der Waals surface area contributed by atoms with Crippen LogP contribution in [-0.2, 0) is 13.6 Å². The van der Waals surface area contributed by atoms with Gasteiger partial charge in [0.05, 0.1) is 6.54 Å². The summed E-state index contributed by atoms with van der Waals surface area (Å²) in [5.74, 6) is 0.655. The van der Waals surface area contributed by atoms with Crippen molar-refractivity contribution >= 4 is 11.6 Å². The Balaban J connectivity index is 2.01. The first-order valence-corrected chi connectivity index (χ1v) is 5.27. The fraction of sp³-hybridized carbons (Fsp3) is 0.167. The minimum atomic E-state index is -0.152. The van der Waals surface area contributed by atoms with Gasteiger partial charge in [0.1, 0.15) is 5.82 Å². The van der Waals surface area contributed by atoms with E-state index in [-0.39, 0.29) is 5.91 Å². The van der Waals surface area contributed by atoms with Gasteiger partial charge in [-0.2, -0.15) is 0 Å². The highest BCUT2D eigenvalue weighted by Crippen LogP contribution is 2.06. The molecule has 0 saturated carbocycles. The standard InChI is InChI=1S/C12H14N4O/c1-16-6-5-14-11(16)8-15-12(17)9-3-2-4-10(13)7-9/h2-7H,8,13H2,1H3,(H,15,17). The Labute approximate surface area is 99.3 Å². The summed E-state index contributed by atoms with van der Waals surface area (Å²) < 4.78 is 1.86. The molecule has 0 aliphatic carbocycles. The molecule has 17 heavy (non-hydrogen) atoms. The number of rotatable bonds is 3. The van der Waals surface area contributed by atoms with Crippen LogP contribution in [-0.4, -0.2) is 15.5 Å². The van der Waals surface area contributed by atoms with E-state index in [0.29, 0.717) is 17.8 Å². The SMILES string of the molecule is Cn1ccnc1CNC(=O)c1cccc(N)c1. The van der Waals surface area contributed by atoms with E-state index in [2.05, 4.69) is 10.3 Å². The number of imidazole rings is 1. The number of carbonyl (C=O) groups excluding carboxylic acids is 1. The molecule has 0 unspecified atom stereocenters. The zero-order chi connectivity index (χ0) is 12.3. The van der Waals surface area contributed by atoms with Gasteiger partial charge in [-0.3, -0.25) is 4.79 Å². The van der Waals surface area contributed by atoms with Gasteiger partial charge in [0.15, 0.2) is 0 Å². The number of hydrogen-bond acceptors (Lipinski definition) is 3. The molecular formula is C12H14N4O. The Morgan fingerprint density at radius 2 is 2.35 bits per heavy atom. The number of nitrogens with one attached hydrogen (secondary N) is 1. The van der Waals surface area contributed by atoms with Gasteiger partial charge >= 0.3 is 0 Å². The number of anilines is 1. The Hall–Kier alpha value is -2.30. The van der Waals surface area contributed by atoms with E-state index in [1.54, 1.807) is 30.5 Å². The maximum atomic E-state index is 11.8. The minimum absolute atomic E-state index is 0.152. The topological polar surface area (TPSA) is 72.9 Å². The van der Waals surface area contributed by atoms with E-state index in [0.717, 1.165) is 5.82 Å². The quantitative estimate of drug-likeness (QED) is 0.770. The van der Waals surface area contributed by atoms with E-state index in [1.807, 2.05) is 17.8 Å². The molecule has 0 aliphatic heterocycles. The van der Waals surface area contributed by atoms with Gasteiger partial charge in [-0.05, 0) is 18.2 Å². The van der Waals surface area contributed by atoms with Crippen LogP contribution in [0.15, 0.2) is 36.7 Å². The molecule has 1 aromatic heterocycles. The van der Waals surface area contributed by atoms with Crippen LogP contribution in [0.25, 0.3) is 0 Å². The number of benzene rings is 1. The maximum Gasteiger partial charge on any atom is 0.251 e. The molecule has 1 amide bonds. The molecule has 3 N–H and O–H groups in total. The predicted molar refractivity (Wildman–Crippen MR) is 65.2 cm³/mol. The van der Waals surface area contributed by atoms with Gasteiger partial charge in [0.25, 0.3) is 5.91 Å². The lowest BCUT2D eigenvalue weighted by molar-refractivity contribution is 0.0949. The van der Waals surface area contributed by atoms with Gasteiger partial charge in [0.2, 0.25) is 0 Å². The highest BCUT2D eigenvalue weighted by molar-refractivity contribution is 5.94. The predicted octanol–water partition coefficient (Wildman–Crippen LogP) is 0.932. The summed E-state index contributed by atoms with van der Waals surface area (Å²) in [5.41, 5.74) is 6.75. The molecule has 0 saturated heterocycles. The second-order valence-corrected chi connectivity index (χ2v) is 3.76. The third-order valence-corrected chi connectivity index (χ3v) is 2.48. The molecule has 0 bridgehead atoms. The summed E-state index contributed by atoms with van der Waals surface area (Å²) in [5, 5.41) is 2.79. The summed E-state index contributed by atoms with van der Waals surface area (Å²) in [6, 6.07) is 6.87. The highest BCUT2D eigenvalue weighted by Gasteiger charge is 2.06. The van der Waals surface area contributed by atoms with Crippen molar-refractivity contribution in [1.29, 1.82) is 0 Å². The van der Waals surface area contributed by atoms with Crippen LogP contribution in [0.1, 0.15) is 16.2 Å². The van der Waals surface area contributed by atoms with Gasteiger partial charge in [-0.25, -0.2) is 4.98 Å². The lowest BCUT2D eigenvalue weighted by atomic mass is 10.2. The van der Waals surface area contributed by atoms with Crippen molar-refractivity contribution in [2.24, 2.45) is 7.05 Å². The molecule has 2 aromatic rings. The Morgan fingerprint density at radius 1 is 1.53 bits per heavy atom. The number of amides is 1. The monoisotopic (exact) mass is 230 g/mol. The van der Waals surface area contributed by atoms with Crippen molar-refractivity contribution in [3.63, 3.8) is 0 Å². The fourth-order valence-electron chi connectivity index (χ4n) is 1.51. The van der Waals surface area contributed by atoms with Crippen molar-refractivity contribution in [3.05, 3.63) is 48.0 Å². The summed E-state index contributed by atoms with van der Waals surface area (Å²) >= 11 is 0. The largest absolute Gasteiger partial charge is 0.399 e. The molecule has 88 valence electrons. The molecule has 0 spiro atoms. The number of nitrogens with zero attached hydrogens (tertiary/aromatic N) is 2. The summed E-state index contributed by atoms with van der Waals surface area (Å²) in [4.78, 5) is 15.9. The normalized spacial score (nSPS) is 10.2. The van der Waals surface area contributed by atoms with Crippen LogP contribution in [0.4, 0.5) is 5.69 Å². The molecule has 2 rings (SSSR count). The zero-order valence-corrected chi connectivity index (χ0v) is 9.55. The van der Waals surface area contributed by atoms with Crippen molar-refractivity contribution < 1.29 is 4.79 Å². The molecular weight excluding hydrogens is 216 g/mol. The smallest absolute Gasteiger partial charge is 0.251 e. The second kappa shape index (κ2) is 4.69. The molecule has 1 heterocycles. The van der Waals surface area contributed by atoms with Gasteiger partial charge in [-0.1, -0.05) is 6.07 Å². The summed E-state index contributed by atoms with van der Waals surface area (Å²) in [7, 11) is 1.88. The van der Waals surface area contributed by atoms with Crippen LogP contribution in [0.2, 0.25) is 0 Å². The molecule has 5 nitrogen and oxygen atoms in total. The molecule has 5 heteroatoms. The molecule has 0 atom stereocenters. The number of hydrogen-bond donors (Lipinski definition) is 2. The van der Waals surface area contributed by atoms with Crippen LogP contribution < -0.4 is 11.1 Å². The third-order valence-electron chi connectivity index (χ3n) is 2.48. The molecule has 0 radical (unpaired) electrons. The minimum Gasteiger partial charge on any atom is -0.399 e. The molecule has 0 fully saturated rings. The van der Waals surface area contributed by atoms with Crippen molar-refractivity contribution in [2.75, 3.05) is 5.73 Å². The van der Waals surface area contributed by atoms with E-state index >= 15 is 0 Å². The van der Waals surface area contributed by atoms with E-state index in [4.69, 9.17) is 5.73 Å². The number of nitrogen functional groups attached to an aromatic ring is 1. The van der Waals surface area contributed by atoms with Crippen molar-refractivity contribution in [2.45, 2.75) is 6.54 Å². The first-order chi connectivity index (χ1) is 8.16. The summed E-state index contributed by atoms with van der Waals surface area (Å²) in [6.45, 7) is 0.400. The Kier molecular flexibility index (Phi) is 3.09. The number of aromatic nitrogens is 2. The lowest BCUT2D eigenvalue weighted by Gasteiger charge is -2.05. The van der Waals surface area contributed by atoms with Crippen molar-refractivity contribution in [1.82, 2.24) is 14.9 Å². The Morgan fingerprint density at radius 3 is 3.00 bits per heavy atom. The highest BCUT2D eigenvalue weighted by atomic mass is 16.1. The first kappa shape index (κ1) is 11.2. The van der Waals surface area contributed by atoms with E-state index < -0.39 is 0 Å². The van der Waals surface area contributed by atoms with Gasteiger partial charge < -0.3 is 15.6 Å². The van der Waals surface area contributed by atoms with Gasteiger partial charge in [-0.15, -0.1) is 0 Å². The average Bonchev–Trinajstić information content (AvgIpc) is 2.72. The Bertz CT molecular complexity index is 533. The zero-order valence-electron chi connectivity index (χ0n) is 9.55. The van der Waals surface area contributed by atoms with Crippen LogP contribution in [0.5, 0.6) is 0 Å². The maximum absolute atomic E-state index is 11.8. The number of aryl methyl sites for hydroxylation is 1. The number of nitrogens with two attached hydrogens (primary N) is 1. The van der Waals surface area contributed by atoms with Crippen LogP contribution in [0, 0.1) is 0 Å². The second-order valence-electron chi connectivity index (χ2n) is 3.76. The third kappa shape index (κ3) is 2.63. The van der Waals surface area contributed by atoms with Crippen LogP contribution >= 0.6 is 0 Å².